The molecule has 2 rings (SSSR count). The summed E-state index contributed by atoms with van der Waals surface area (Å²) in [5.41, 5.74) is -0.197. The average molecular weight is 298 g/mol. The molecule has 1 heterocycles. The highest BCUT2D eigenvalue weighted by Gasteiger charge is 2.35. The van der Waals surface area contributed by atoms with Crippen molar-refractivity contribution in [1.29, 1.82) is 0 Å². The summed E-state index contributed by atoms with van der Waals surface area (Å²) in [6.45, 7) is 2.52. The zero-order valence-corrected chi connectivity index (χ0v) is 12.2. The monoisotopic (exact) mass is 298 g/mol. The Bertz CT molecular complexity index is 600. The lowest BCUT2D eigenvalue weighted by molar-refractivity contribution is -0.385. The van der Waals surface area contributed by atoms with Crippen molar-refractivity contribution in [1.82, 2.24) is 4.31 Å². The third-order valence-electron chi connectivity index (χ3n) is 3.58. The number of benzene rings is 1. The predicted octanol–water partition coefficient (Wildman–Crippen LogP) is 2.55. The fourth-order valence-electron chi connectivity index (χ4n) is 2.64. The number of rotatable bonds is 5. The van der Waals surface area contributed by atoms with Gasteiger partial charge in [0, 0.05) is 24.7 Å². The maximum atomic E-state index is 12.6. The van der Waals surface area contributed by atoms with Crippen molar-refractivity contribution >= 4 is 15.7 Å². The third-order valence-corrected chi connectivity index (χ3v) is 5.53. The molecule has 6 nitrogen and oxygen atoms in total. The topological polar surface area (TPSA) is 80.5 Å². The molecule has 1 unspecified atom stereocenters. The molecule has 0 aromatic heterocycles. The summed E-state index contributed by atoms with van der Waals surface area (Å²) in [5.74, 6) is 0. The molecule has 0 N–H and O–H groups in total. The van der Waals surface area contributed by atoms with Crippen LogP contribution in [0.2, 0.25) is 0 Å². The number of nitrogens with zero attached hydrogens (tertiary/aromatic N) is 2. The molecule has 0 bridgehead atoms. The first-order valence-corrected chi connectivity index (χ1v) is 8.17. The second-order valence-corrected chi connectivity index (χ2v) is 6.85. The van der Waals surface area contributed by atoms with E-state index in [1.807, 2.05) is 6.92 Å². The van der Waals surface area contributed by atoms with Gasteiger partial charge in [-0.3, -0.25) is 10.1 Å². The van der Waals surface area contributed by atoms with E-state index < -0.39 is 14.9 Å². The fraction of sp³-hybridized carbons (Fsp3) is 0.538. The van der Waals surface area contributed by atoms with Crippen molar-refractivity contribution < 1.29 is 13.3 Å². The number of hydrogen-bond acceptors (Lipinski definition) is 4. The van der Waals surface area contributed by atoms with Crippen LogP contribution in [0.1, 0.15) is 32.6 Å². The van der Waals surface area contributed by atoms with Gasteiger partial charge < -0.3 is 0 Å². The largest absolute Gasteiger partial charge is 0.270 e. The lowest BCUT2D eigenvalue weighted by Crippen LogP contribution is -2.35. The van der Waals surface area contributed by atoms with Gasteiger partial charge in [0.1, 0.15) is 0 Å². The van der Waals surface area contributed by atoms with Gasteiger partial charge in [0.05, 0.1) is 9.82 Å². The van der Waals surface area contributed by atoms with Crippen LogP contribution in [0.3, 0.4) is 0 Å². The van der Waals surface area contributed by atoms with E-state index in [2.05, 4.69) is 0 Å². The minimum absolute atomic E-state index is 0.00898. The summed E-state index contributed by atoms with van der Waals surface area (Å²) in [5, 5.41) is 10.8. The quantitative estimate of drug-likeness (QED) is 0.618. The standard InChI is InChI=1S/C13H18N2O4S/c1-2-5-11-7-4-9-14(11)20(18,19)13-8-3-6-12(10-13)15(16)17/h3,6,8,10-11H,2,4-5,7,9H2,1H3. The summed E-state index contributed by atoms with van der Waals surface area (Å²) in [6, 6.07) is 5.28. The van der Waals surface area contributed by atoms with Crippen molar-refractivity contribution in [2.24, 2.45) is 0 Å². The van der Waals surface area contributed by atoms with E-state index in [0.29, 0.717) is 6.54 Å². The Labute approximate surface area is 118 Å². The number of nitro benzene ring substituents is 1. The number of nitro groups is 1. The van der Waals surface area contributed by atoms with E-state index in [0.717, 1.165) is 31.7 Å². The summed E-state index contributed by atoms with van der Waals surface area (Å²) in [4.78, 5) is 10.2. The molecule has 1 atom stereocenters. The molecule has 1 aromatic rings. The Morgan fingerprint density at radius 1 is 1.45 bits per heavy atom. The van der Waals surface area contributed by atoms with Crippen LogP contribution in [-0.4, -0.2) is 30.2 Å². The Kier molecular flexibility index (Phi) is 4.39. The molecular formula is C13H18N2O4S. The molecule has 0 saturated carbocycles. The second-order valence-electron chi connectivity index (χ2n) is 4.95. The van der Waals surface area contributed by atoms with Crippen LogP contribution in [0.5, 0.6) is 0 Å². The minimum atomic E-state index is -3.64. The average Bonchev–Trinajstić information content (AvgIpc) is 2.88. The molecule has 7 heteroatoms. The van der Waals surface area contributed by atoms with Crippen LogP contribution >= 0.6 is 0 Å². The van der Waals surface area contributed by atoms with Gasteiger partial charge in [-0.25, -0.2) is 8.42 Å². The van der Waals surface area contributed by atoms with Gasteiger partial charge in [0.15, 0.2) is 0 Å². The lowest BCUT2D eigenvalue weighted by atomic mass is 10.1. The summed E-state index contributed by atoms with van der Waals surface area (Å²) in [7, 11) is -3.64. The Morgan fingerprint density at radius 3 is 2.85 bits per heavy atom. The molecule has 0 radical (unpaired) electrons. The van der Waals surface area contributed by atoms with E-state index in [4.69, 9.17) is 0 Å². The van der Waals surface area contributed by atoms with Gasteiger partial charge >= 0.3 is 0 Å². The van der Waals surface area contributed by atoms with Gasteiger partial charge in [-0.05, 0) is 25.3 Å². The predicted molar refractivity (Wildman–Crippen MR) is 74.9 cm³/mol. The van der Waals surface area contributed by atoms with Crippen molar-refractivity contribution in [3.63, 3.8) is 0 Å². The van der Waals surface area contributed by atoms with E-state index in [1.165, 1.54) is 22.5 Å². The maximum Gasteiger partial charge on any atom is 0.270 e. The van der Waals surface area contributed by atoms with Crippen LogP contribution in [0, 0.1) is 10.1 Å². The van der Waals surface area contributed by atoms with Gasteiger partial charge in [0.25, 0.3) is 5.69 Å². The highest BCUT2D eigenvalue weighted by atomic mass is 32.2. The number of hydrogen-bond donors (Lipinski definition) is 0. The van der Waals surface area contributed by atoms with Gasteiger partial charge in [-0.15, -0.1) is 0 Å². The van der Waals surface area contributed by atoms with Crippen molar-refractivity contribution in [2.75, 3.05) is 6.54 Å². The molecule has 1 aliphatic rings. The first-order valence-electron chi connectivity index (χ1n) is 6.73. The summed E-state index contributed by atoms with van der Waals surface area (Å²) < 4.78 is 26.7. The zero-order chi connectivity index (χ0) is 14.8. The molecule has 1 fully saturated rings. The molecule has 20 heavy (non-hydrogen) atoms. The van der Waals surface area contributed by atoms with Crippen LogP contribution in [0.4, 0.5) is 5.69 Å². The number of sulfonamides is 1. The highest BCUT2D eigenvalue weighted by Crippen LogP contribution is 2.29. The molecule has 1 aromatic carbocycles. The van der Waals surface area contributed by atoms with Crippen LogP contribution in [-0.2, 0) is 10.0 Å². The molecule has 1 aliphatic heterocycles. The molecule has 0 aliphatic carbocycles. The molecule has 1 saturated heterocycles. The highest BCUT2D eigenvalue weighted by molar-refractivity contribution is 7.89. The van der Waals surface area contributed by atoms with Crippen molar-refractivity contribution in [3.8, 4) is 0 Å². The van der Waals surface area contributed by atoms with Crippen molar-refractivity contribution in [3.05, 3.63) is 34.4 Å². The third kappa shape index (κ3) is 2.83. The van der Waals surface area contributed by atoms with E-state index in [1.54, 1.807) is 0 Å². The van der Waals surface area contributed by atoms with Crippen LogP contribution in [0.15, 0.2) is 29.2 Å². The maximum absolute atomic E-state index is 12.6. The van der Waals surface area contributed by atoms with E-state index in [9.17, 15) is 18.5 Å². The zero-order valence-electron chi connectivity index (χ0n) is 11.4. The Hall–Kier alpha value is -1.47. The second kappa shape index (κ2) is 5.88. The van der Waals surface area contributed by atoms with Crippen molar-refractivity contribution in [2.45, 2.75) is 43.5 Å². The van der Waals surface area contributed by atoms with Gasteiger partial charge in [-0.1, -0.05) is 19.4 Å². The normalized spacial score (nSPS) is 20.1. The molecular weight excluding hydrogens is 280 g/mol. The number of non-ortho nitro benzene ring substituents is 1. The van der Waals surface area contributed by atoms with E-state index in [-0.39, 0.29) is 16.6 Å². The molecule has 0 spiro atoms. The fourth-order valence-corrected chi connectivity index (χ4v) is 4.40. The SMILES string of the molecule is CCCC1CCCN1S(=O)(=O)c1cccc([N+](=O)[O-])c1. The first-order chi connectivity index (χ1) is 9.46. The summed E-state index contributed by atoms with van der Waals surface area (Å²) >= 11 is 0. The molecule has 0 amide bonds. The van der Waals surface area contributed by atoms with E-state index >= 15 is 0 Å². The minimum Gasteiger partial charge on any atom is -0.258 e. The summed E-state index contributed by atoms with van der Waals surface area (Å²) in [6.07, 6.45) is 3.46. The van der Waals surface area contributed by atoms with Gasteiger partial charge in [-0.2, -0.15) is 4.31 Å². The Morgan fingerprint density at radius 2 is 2.20 bits per heavy atom. The first kappa shape index (κ1) is 14.9. The smallest absolute Gasteiger partial charge is 0.258 e. The van der Waals surface area contributed by atoms with Gasteiger partial charge in [0.2, 0.25) is 10.0 Å². The molecule has 110 valence electrons. The van der Waals surface area contributed by atoms with Crippen LogP contribution < -0.4 is 0 Å². The Balaban J connectivity index is 2.34. The lowest BCUT2D eigenvalue weighted by Gasteiger charge is -2.23. The van der Waals surface area contributed by atoms with Crippen LogP contribution in [0.25, 0.3) is 0 Å².